The van der Waals surface area contributed by atoms with Gasteiger partial charge in [-0.05, 0) is 53.7 Å². The summed E-state index contributed by atoms with van der Waals surface area (Å²) in [7, 11) is 2.91. The van der Waals surface area contributed by atoms with E-state index < -0.39 is 11.7 Å². The van der Waals surface area contributed by atoms with Gasteiger partial charge in [-0.1, -0.05) is 45.6 Å². The summed E-state index contributed by atoms with van der Waals surface area (Å²) in [6.07, 6.45) is 5.17. The van der Waals surface area contributed by atoms with Gasteiger partial charge in [0, 0.05) is 0 Å². The van der Waals surface area contributed by atoms with Gasteiger partial charge in [0.05, 0.1) is 19.8 Å². The van der Waals surface area contributed by atoms with Crippen LogP contribution < -0.4 is 9.47 Å². The second-order valence-electron chi connectivity index (χ2n) is 7.12. The molecule has 1 aliphatic rings. The first kappa shape index (κ1) is 21.4. The highest BCUT2D eigenvalue weighted by Gasteiger charge is 2.39. The molecule has 0 amide bonds. The molecule has 0 N–H and O–H groups in total. The molecule has 0 aromatic heterocycles. The summed E-state index contributed by atoms with van der Waals surface area (Å²) in [5.74, 6) is 1.48. The third-order valence-electron chi connectivity index (χ3n) is 5.19. The molecule has 5 heteroatoms. The molecule has 27 heavy (non-hydrogen) atoms. The minimum absolute atomic E-state index is 0.156. The van der Waals surface area contributed by atoms with Gasteiger partial charge in [-0.2, -0.15) is 13.2 Å². The van der Waals surface area contributed by atoms with E-state index >= 15 is 0 Å². The maximum atomic E-state index is 13.5. The molecule has 0 aliphatic heterocycles. The van der Waals surface area contributed by atoms with Crippen LogP contribution in [0.4, 0.5) is 13.2 Å². The molecule has 1 aromatic rings. The minimum Gasteiger partial charge on any atom is -0.493 e. The van der Waals surface area contributed by atoms with Crippen molar-refractivity contribution in [2.45, 2.75) is 58.5 Å². The number of fused-ring (bicyclic) bond motifs is 1. The van der Waals surface area contributed by atoms with Crippen LogP contribution in [0.15, 0.2) is 24.3 Å². The lowest BCUT2D eigenvalue weighted by molar-refractivity contribution is -0.0687. The summed E-state index contributed by atoms with van der Waals surface area (Å²) >= 11 is 0. The van der Waals surface area contributed by atoms with Gasteiger partial charge in [0.2, 0.25) is 0 Å². The number of rotatable bonds is 9. The summed E-state index contributed by atoms with van der Waals surface area (Å²) in [5.41, 5.74) is 0.699. The number of alkyl halides is 3. The Hall–Kier alpha value is -1.91. The first-order valence-electron chi connectivity index (χ1n) is 9.57. The Bertz CT molecular complexity index is 702. The topological polar surface area (TPSA) is 18.5 Å². The van der Waals surface area contributed by atoms with E-state index in [-0.39, 0.29) is 5.56 Å². The standard InChI is InChI=1S/C22H29F3O2/c1-5-15(2)10-8-6-7-9-11-16-12-19(22(23,24)25)18-14-21(27-4)20(26-3)13-17(16)18/h11-15H,5-10H2,1-4H3/b16-11+. The number of unbranched alkanes of at least 4 members (excludes halogenated alkanes) is 3. The first-order valence-corrected chi connectivity index (χ1v) is 9.57. The molecular formula is C22H29F3O2. The molecule has 0 radical (unpaired) electrons. The Morgan fingerprint density at radius 3 is 2.19 bits per heavy atom. The molecule has 0 heterocycles. The highest BCUT2D eigenvalue weighted by Crippen LogP contribution is 2.47. The molecule has 1 aliphatic carbocycles. The number of allylic oxidation sites excluding steroid dienone is 4. The van der Waals surface area contributed by atoms with Gasteiger partial charge >= 0.3 is 6.18 Å². The van der Waals surface area contributed by atoms with Gasteiger partial charge in [0.15, 0.2) is 11.5 Å². The van der Waals surface area contributed by atoms with Crippen LogP contribution in [0.5, 0.6) is 11.5 Å². The van der Waals surface area contributed by atoms with Crippen molar-refractivity contribution in [1.29, 1.82) is 0 Å². The summed E-state index contributed by atoms with van der Waals surface area (Å²) in [4.78, 5) is 0. The van der Waals surface area contributed by atoms with Crippen LogP contribution in [0.25, 0.3) is 11.1 Å². The van der Waals surface area contributed by atoms with E-state index in [4.69, 9.17) is 9.47 Å². The Labute approximate surface area is 160 Å². The van der Waals surface area contributed by atoms with Crippen molar-refractivity contribution < 1.29 is 22.6 Å². The Balaban J connectivity index is 2.17. The number of hydrogen-bond donors (Lipinski definition) is 0. The molecule has 1 aromatic carbocycles. The fourth-order valence-electron chi connectivity index (χ4n) is 3.33. The van der Waals surface area contributed by atoms with Crippen molar-refractivity contribution in [3.8, 4) is 11.5 Å². The van der Waals surface area contributed by atoms with E-state index in [0.29, 0.717) is 22.6 Å². The van der Waals surface area contributed by atoms with Crippen molar-refractivity contribution in [1.82, 2.24) is 0 Å². The van der Waals surface area contributed by atoms with Crippen LogP contribution in [-0.4, -0.2) is 20.4 Å². The molecular weight excluding hydrogens is 353 g/mol. The summed E-state index contributed by atoms with van der Waals surface area (Å²) in [6.45, 7) is 4.45. The van der Waals surface area contributed by atoms with E-state index in [1.54, 1.807) is 6.07 Å². The minimum atomic E-state index is -4.40. The van der Waals surface area contributed by atoms with Gasteiger partial charge < -0.3 is 9.47 Å². The van der Waals surface area contributed by atoms with Crippen LogP contribution >= 0.6 is 0 Å². The van der Waals surface area contributed by atoms with Crippen molar-refractivity contribution >= 4 is 11.1 Å². The van der Waals surface area contributed by atoms with E-state index in [9.17, 15) is 13.2 Å². The Morgan fingerprint density at radius 1 is 1.00 bits per heavy atom. The third kappa shape index (κ3) is 5.30. The lowest BCUT2D eigenvalue weighted by Gasteiger charge is -2.14. The number of ether oxygens (including phenoxy) is 2. The van der Waals surface area contributed by atoms with Crippen molar-refractivity contribution in [3.63, 3.8) is 0 Å². The molecule has 0 saturated heterocycles. The molecule has 0 saturated carbocycles. The maximum Gasteiger partial charge on any atom is 0.417 e. The van der Waals surface area contributed by atoms with Gasteiger partial charge in [0.1, 0.15) is 0 Å². The SMILES string of the molecule is CCC(C)CCCCC/C=C1\C=C(C(F)(F)F)c2cc(OC)c(OC)cc21. The van der Waals surface area contributed by atoms with Crippen LogP contribution in [0, 0.1) is 5.92 Å². The number of benzene rings is 1. The largest absolute Gasteiger partial charge is 0.493 e. The Kier molecular flexibility index (Phi) is 7.40. The highest BCUT2D eigenvalue weighted by atomic mass is 19.4. The zero-order chi connectivity index (χ0) is 20.0. The Morgan fingerprint density at radius 2 is 1.63 bits per heavy atom. The van der Waals surface area contributed by atoms with Gasteiger partial charge in [0.25, 0.3) is 0 Å². The van der Waals surface area contributed by atoms with Gasteiger partial charge in [-0.25, -0.2) is 0 Å². The molecule has 0 bridgehead atoms. The summed E-state index contributed by atoms with van der Waals surface area (Å²) in [6, 6.07) is 3.05. The van der Waals surface area contributed by atoms with Crippen LogP contribution in [0.1, 0.15) is 63.5 Å². The maximum absolute atomic E-state index is 13.5. The highest BCUT2D eigenvalue weighted by molar-refractivity contribution is 5.98. The fourth-order valence-corrected chi connectivity index (χ4v) is 3.33. The predicted octanol–water partition coefficient (Wildman–Crippen LogP) is 7.04. The monoisotopic (exact) mass is 382 g/mol. The van der Waals surface area contributed by atoms with E-state index in [1.807, 2.05) is 6.08 Å². The van der Waals surface area contributed by atoms with Crippen LogP contribution in [0.3, 0.4) is 0 Å². The van der Waals surface area contributed by atoms with Crippen LogP contribution in [0.2, 0.25) is 0 Å². The lowest BCUT2D eigenvalue weighted by atomic mass is 9.99. The molecule has 2 rings (SSSR count). The second kappa shape index (κ2) is 9.34. The first-order chi connectivity index (χ1) is 12.8. The molecule has 0 fully saturated rings. The van der Waals surface area contributed by atoms with E-state index in [2.05, 4.69) is 13.8 Å². The lowest BCUT2D eigenvalue weighted by Crippen LogP contribution is -2.09. The molecule has 2 nitrogen and oxygen atoms in total. The van der Waals surface area contributed by atoms with E-state index in [0.717, 1.165) is 25.2 Å². The predicted molar refractivity (Wildman–Crippen MR) is 104 cm³/mol. The second-order valence-corrected chi connectivity index (χ2v) is 7.12. The normalized spacial score (nSPS) is 16.3. The average molecular weight is 382 g/mol. The molecule has 0 spiro atoms. The third-order valence-corrected chi connectivity index (χ3v) is 5.19. The number of methoxy groups -OCH3 is 2. The van der Waals surface area contributed by atoms with Crippen LogP contribution in [-0.2, 0) is 0 Å². The van der Waals surface area contributed by atoms with Crippen molar-refractivity contribution in [2.75, 3.05) is 14.2 Å². The zero-order valence-corrected chi connectivity index (χ0v) is 16.6. The smallest absolute Gasteiger partial charge is 0.417 e. The quantitative estimate of drug-likeness (QED) is 0.426. The fraction of sp³-hybridized carbons (Fsp3) is 0.545. The summed E-state index contributed by atoms with van der Waals surface area (Å²) < 4.78 is 50.8. The number of halogens is 3. The van der Waals surface area contributed by atoms with Crippen molar-refractivity contribution in [3.05, 3.63) is 35.4 Å². The van der Waals surface area contributed by atoms with Crippen molar-refractivity contribution in [2.24, 2.45) is 5.92 Å². The van der Waals surface area contributed by atoms with E-state index in [1.165, 1.54) is 45.6 Å². The zero-order valence-electron chi connectivity index (χ0n) is 16.6. The molecule has 1 unspecified atom stereocenters. The average Bonchev–Trinajstić information content (AvgIpc) is 3.00. The molecule has 150 valence electrons. The summed E-state index contributed by atoms with van der Waals surface area (Å²) in [5, 5.41) is 0. The number of hydrogen-bond acceptors (Lipinski definition) is 2. The van der Waals surface area contributed by atoms with Gasteiger partial charge in [-0.3, -0.25) is 0 Å². The molecule has 1 atom stereocenters. The van der Waals surface area contributed by atoms with Gasteiger partial charge in [-0.15, -0.1) is 0 Å².